The average Bonchev–Trinajstić information content (AvgIpc) is 3.12. The Kier molecular flexibility index (Phi) is 5.06. The van der Waals surface area contributed by atoms with Crippen LogP contribution in [0.2, 0.25) is 5.02 Å². The highest BCUT2D eigenvalue weighted by atomic mass is 35.5. The zero-order chi connectivity index (χ0) is 23.4. The topological polar surface area (TPSA) is 131 Å². The number of nitriles is 1. The van der Waals surface area contributed by atoms with Gasteiger partial charge in [0.2, 0.25) is 0 Å². The van der Waals surface area contributed by atoms with Crippen LogP contribution >= 0.6 is 11.6 Å². The van der Waals surface area contributed by atoms with Crippen LogP contribution in [0.5, 0.6) is 0 Å². The van der Waals surface area contributed by atoms with Crippen LogP contribution < -0.4 is 10.6 Å². The Balaban J connectivity index is 2.05. The second kappa shape index (κ2) is 7.50. The molecule has 0 spiro atoms. The number of hydrogen-bond donors (Lipinski definition) is 1. The number of benzene rings is 1. The third-order valence-corrected chi connectivity index (χ3v) is 6.05. The molecule has 164 valence electrons. The molecule has 9 nitrogen and oxygen atoms in total. The van der Waals surface area contributed by atoms with Crippen molar-refractivity contribution < 1.29 is 9.72 Å². The molecule has 1 aliphatic heterocycles. The number of ketones is 1. The molecule has 1 unspecified atom stereocenters. The molecule has 1 aliphatic carbocycles. The Morgan fingerprint density at radius 2 is 2.09 bits per heavy atom. The van der Waals surface area contributed by atoms with Crippen molar-refractivity contribution in [3.63, 3.8) is 0 Å². The van der Waals surface area contributed by atoms with Gasteiger partial charge in [-0.05, 0) is 24.0 Å². The predicted molar refractivity (Wildman–Crippen MR) is 118 cm³/mol. The Bertz CT molecular complexity index is 1270. The van der Waals surface area contributed by atoms with Gasteiger partial charge in [0.15, 0.2) is 5.78 Å². The van der Waals surface area contributed by atoms with Gasteiger partial charge < -0.3 is 5.73 Å². The SMILES string of the molecule is Cn1cc(C2C(C#N)=C(N)N(c3ccc(Cl)cc3[N+](=O)[O-])C3=C2C(=O)CC(C)(C)C3)cn1. The van der Waals surface area contributed by atoms with Gasteiger partial charge in [-0.15, -0.1) is 0 Å². The number of nitrogens with zero attached hydrogens (tertiary/aromatic N) is 5. The number of anilines is 1. The second-order valence-corrected chi connectivity index (χ2v) is 9.25. The number of carbonyl (C=O) groups excluding carboxylic acids is 1. The van der Waals surface area contributed by atoms with E-state index in [4.69, 9.17) is 17.3 Å². The van der Waals surface area contributed by atoms with E-state index in [1.807, 2.05) is 13.8 Å². The number of allylic oxidation sites excluding steroid dienone is 3. The molecule has 0 saturated heterocycles. The number of halogens is 1. The molecule has 4 rings (SSSR count). The summed E-state index contributed by atoms with van der Waals surface area (Å²) >= 11 is 6.01. The van der Waals surface area contributed by atoms with Crippen LogP contribution in [0, 0.1) is 26.9 Å². The largest absolute Gasteiger partial charge is 0.384 e. The molecule has 1 atom stereocenters. The van der Waals surface area contributed by atoms with Gasteiger partial charge in [-0.3, -0.25) is 24.5 Å². The van der Waals surface area contributed by atoms with Crippen molar-refractivity contribution in [2.24, 2.45) is 18.2 Å². The molecule has 2 aromatic rings. The Hall–Kier alpha value is -3.64. The van der Waals surface area contributed by atoms with E-state index in [2.05, 4.69) is 11.2 Å². The fraction of sp³-hybridized carbons (Fsp3) is 0.318. The summed E-state index contributed by atoms with van der Waals surface area (Å²) in [4.78, 5) is 26.2. The number of aryl methyl sites for hydroxylation is 1. The van der Waals surface area contributed by atoms with Crippen molar-refractivity contribution in [3.8, 4) is 6.07 Å². The molecule has 2 aliphatic rings. The number of carbonyl (C=O) groups is 1. The highest BCUT2D eigenvalue weighted by molar-refractivity contribution is 6.31. The molecule has 0 bridgehead atoms. The predicted octanol–water partition coefficient (Wildman–Crippen LogP) is 3.92. The fourth-order valence-corrected chi connectivity index (χ4v) is 4.70. The van der Waals surface area contributed by atoms with Crippen molar-refractivity contribution >= 4 is 28.8 Å². The standard InChI is InChI=1S/C22H21ClN6O3/c1-22(2)7-17-20(18(30)8-22)19(12-10-26-27(3)11-12)14(9-24)21(25)28(17)15-5-4-13(23)6-16(15)29(31)32/h4-6,10-11,19H,7-8,25H2,1-3H3. The molecule has 0 fully saturated rings. The minimum atomic E-state index is -0.685. The summed E-state index contributed by atoms with van der Waals surface area (Å²) in [5, 5.41) is 26.2. The zero-order valence-electron chi connectivity index (χ0n) is 17.8. The first kappa shape index (κ1) is 21.6. The summed E-state index contributed by atoms with van der Waals surface area (Å²) in [5.74, 6) is -0.752. The van der Waals surface area contributed by atoms with Gasteiger partial charge in [-0.25, -0.2) is 0 Å². The molecule has 1 aromatic heterocycles. The Morgan fingerprint density at radius 1 is 1.38 bits per heavy atom. The normalized spacial score (nSPS) is 20.3. The smallest absolute Gasteiger partial charge is 0.294 e. The first-order chi connectivity index (χ1) is 15.0. The Morgan fingerprint density at radius 3 is 2.69 bits per heavy atom. The first-order valence-electron chi connectivity index (χ1n) is 9.92. The lowest BCUT2D eigenvalue weighted by molar-refractivity contribution is -0.384. The van der Waals surface area contributed by atoms with Crippen molar-refractivity contribution in [2.45, 2.75) is 32.6 Å². The maximum atomic E-state index is 13.4. The van der Waals surface area contributed by atoms with E-state index in [0.29, 0.717) is 23.3 Å². The number of nitrogens with two attached hydrogens (primary N) is 1. The maximum Gasteiger partial charge on any atom is 0.294 e. The van der Waals surface area contributed by atoms with E-state index in [-0.39, 0.29) is 45.4 Å². The quantitative estimate of drug-likeness (QED) is 0.551. The number of rotatable bonds is 3. The van der Waals surface area contributed by atoms with Crippen LogP contribution in [-0.4, -0.2) is 20.5 Å². The van der Waals surface area contributed by atoms with Gasteiger partial charge in [0.05, 0.1) is 28.7 Å². The molecule has 1 aromatic carbocycles. The average molecular weight is 453 g/mol. The minimum Gasteiger partial charge on any atom is -0.384 e. The van der Waals surface area contributed by atoms with Gasteiger partial charge in [0.1, 0.15) is 11.5 Å². The van der Waals surface area contributed by atoms with Crippen LogP contribution in [0.15, 0.2) is 53.3 Å². The summed E-state index contributed by atoms with van der Waals surface area (Å²) in [6.45, 7) is 3.92. The van der Waals surface area contributed by atoms with Gasteiger partial charge in [-0.1, -0.05) is 25.4 Å². The number of nitro benzene ring substituents is 1. The summed E-state index contributed by atoms with van der Waals surface area (Å²) in [6, 6.07) is 6.38. The summed E-state index contributed by atoms with van der Waals surface area (Å²) in [5.41, 5.74) is 7.80. The molecular formula is C22H21ClN6O3. The number of nitro groups is 1. The third-order valence-electron chi connectivity index (χ3n) is 5.81. The molecule has 32 heavy (non-hydrogen) atoms. The highest BCUT2D eigenvalue weighted by Gasteiger charge is 2.46. The zero-order valence-corrected chi connectivity index (χ0v) is 18.6. The summed E-state index contributed by atoms with van der Waals surface area (Å²) in [7, 11) is 1.75. The molecular weight excluding hydrogens is 432 g/mol. The summed E-state index contributed by atoms with van der Waals surface area (Å²) in [6.07, 6.45) is 4.09. The third kappa shape index (κ3) is 3.42. The van der Waals surface area contributed by atoms with E-state index in [1.165, 1.54) is 23.1 Å². The van der Waals surface area contributed by atoms with Gasteiger partial charge in [0.25, 0.3) is 5.69 Å². The van der Waals surface area contributed by atoms with Gasteiger partial charge in [-0.2, -0.15) is 10.4 Å². The van der Waals surface area contributed by atoms with Crippen LogP contribution in [-0.2, 0) is 11.8 Å². The molecule has 2 N–H and O–H groups in total. The molecule has 0 saturated carbocycles. The monoisotopic (exact) mass is 452 g/mol. The molecule has 0 amide bonds. The number of aromatic nitrogens is 2. The van der Waals surface area contributed by atoms with Crippen molar-refractivity contribution in [1.29, 1.82) is 5.26 Å². The van der Waals surface area contributed by atoms with Crippen molar-refractivity contribution in [2.75, 3.05) is 4.90 Å². The van der Waals surface area contributed by atoms with E-state index in [1.54, 1.807) is 24.1 Å². The van der Waals surface area contributed by atoms with E-state index >= 15 is 0 Å². The van der Waals surface area contributed by atoms with Gasteiger partial charge >= 0.3 is 0 Å². The molecule has 0 radical (unpaired) electrons. The Labute approximate surface area is 189 Å². The van der Waals surface area contributed by atoms with Crippen molar-refractivity contribution in [3.05, 3.63) is 74.0 Å². The molecule has 2 heterocycles. The lowest BCUT2D eigenvalue weighted by atomic mass is 9.69. The maximum absolute atomic E-state index is 13.4. The van der Waals surface area contributed by atoms with Crippen LogP contribution in [0.25, 0.3) is 0 Å². The molecule has 10 heteroatoms. The minimum absolute atomic E-state index is 0.0519. The highest BCUT2D eigenvalue weighted by Crippen LogP contribution is 2.51. The fourth-order valence-electron chi connectivity index (χ4n) is 4.54. The number of Topliss-reactive ketones (excluding diaryl/α,β-unsaturated/α-hetero) is 1. The van der Waals surface area contributed by atoms with Crippen LogP contribution in [0.1, 0.15) is 38.2 Å². The lowest BCUT2D eigenvalue weighted by Crippen LogP contribution is -2.42. The van der Waals surface area contributed by atoms with Crippen molar-refractivity contribution in [1.82, 2.24) is 9.78 Å². The number of hydrogen-bond acceptors (Lipinski definition) is 7. The van der Waals surface area contributed by atoms with Crippen LogP contribution in [0.4, 0.5) is 11.4 Å². The lowest BCUT2D eigenvalue weighted by Gasteiger charge is -2.43. The van der Waals surface area contributed by atoms with E-state index in [9.17, 15) is 20.2 Å². The van der Waals surface area contributed by atoms with E-state index < -0.39 is 10.8 Å². The summed E-state index contributed by atoms with van der Waals surface area (Å²) < 4.78 is 1.59. The van der Waals surface area contributed by atoms with Crippen LogP contribution in [0.3, 0.4) is 0 Å². The second-order valence-electron chi connectivity index (χ2n) is 8.82. The van der Waals surface area contributed by atoms with E-state index in [0.717, 1.165) is 0 Å². The van der Waals surface area contributed by atoms with Gasteiger partial charge in [0, 0.05) is 47.6 Å². The first-order valence-corrected chi connectivity index (χ1v) is 10.3.